The molecular formula is C14H20F3NO. The molecule has 0 aliphatic heterocycles. The predicted molar refractivity (Wildman–Crippen MR) is 69.3 cm³/mol. The summed E-state index contributed by atoms with van der Waals surface area (Å²) in [6.45, 7) is 4.75. The van der Waals surface area contributed by atoms with Crippen LogP contribution in [-0.2, 0) is 6.18 Å². The molecule has 0 aromatic heterocycles. The highest BCUT2D eigenvalue weighted by Crippen LogP contribution is 2.36. The minimum Gasteiger partial charge on any atom is -0.493 e. The fourth-order valence-electron chi connectivity index (χ4n) is 1.73. The average molecular weight is 275 g/mol. The van der Waals surface area contributed by atoms with E-state index in [-0.39, 0.29) is 5.92 Å². The van der Waals surface area contributed by atoms with Gasteiger partial charge in [-0.15, -0.1) is 0 Å². The number of hydrogen-bond acceptors (Lipinski definition) is 2. The number of rotatable bonds is 6. The molecule has 0 fully saturated rings. The molecule has 1 rings (SSSR count). The first-order chi connectivity index (χ1) is 8.90. The van der Waals surface area contributed by atoms with Crippen molar-refractivity contribution in [2.45, 2.75) is 38.8 Å². The van der Waals surface area contributed by atoms with Gasteiger partial charge in [0.2, 0.25) is 0 Å². The maximum absolute atomic E-state index is 12.7. The van der Waals surface area contributed by atoms with Gasteiger partial charge < -0.3 is 10.5 Å². The first-order valence-electron chi connectivity index (χ1n) is 6.44. The summed E-state index contributed by atoms with van der Waals surface area (Å²) in [5, 5.41) is 0. The smallest absolute Gasteiger partial charge is 0.416 e. The summed E-state index contributed by atoms with van der Waals surface area (Å²) < 4.78 is 43.5. The maximum Gasteiger partial charge on any atom is 0.416 e. The Morgan fingerprint density at radius 3 is 2.53 bits per heavy atom. The first-order valence-corrected chi connectivity index (χ1v) is 6.44. The number of benzene rings is 1. The van der Waals surface area contributed by atoms with Crippen LogP contribution in [0.1, 0.15) is 43.7 Å². The lowest BCUT2D eigenvalue weighted by Crippen LogP contribution is -2.10. The van der Waals surface area contributed by atoms with E-state index in [4.69, 9.17) is 10.5 Å². The molecule has 0 saturated heterocycles. The van der Waals surface area contributed by atoms with Gasteiger partial charge in [0.1, 0.15) is 5.75 Å². The van der Waals surface area contributed by atoms with E-state index in [0.717, 1.165) is 24.1 Å². The minimum atomic E-state index is -4.35. The van der Waals surface area contributed by atoms with E-state index in [1.165, 1.54) is 6.07 Å². The second-order valence-corrected chi connectivity index (χ2v) is 4.55. The molecule has 0 aliphatic rings. The Bertz CT molecular complexity index is 404. The normalized spacial score (nSPS) is 13.4. The fourth-order valence-corrected chi connectivity index (χ4v) is 1.73. The highest BCUT2D eigenvalue weighted by atomic mass is 19.4. The Kier molecular flexibility index (Phi) is 5.66. The Labute approximate surface area is 111 Å². The molecule has 19 heavy (non-hydrogen) atoms. The van der Waals surface area contributed by atoms with Gasteiger partial charge >= 0.3 is 6.18 Å². The van der Waals surface area contributed by atoms with E-state index < -0.39 is 11.7 Å². The van der Waals surface area contributed by atoms with Gasteiger partial charge in [0, 0.05) is 0 Å². The average Bonchev–Trinajstić information content (AvgIpc) is 2.37. The second kappa shape index (κ2) is 6.80. The summed E-state index contributed by atoms with van der Waals surface area (Å²) >= 11 is 0. The van der Waals surface area contributed by atoms with Crippen LogP contribution in [0.4, 0.5) is 13.2 Å². The van der Waals surface area contributed by atoms with Crippen molar-refractivity contribution >= 4 is 0 Å². The zero-order valence-corrected chi connectivity index (χ0v) is 11.3. The molecule has 0 heterocycles. The topological polar surface area (TPSA) is 35.2 Å². The second-order valence-electron chi connectivity index (χ2n) is 4.55. The van der Waals surface area contributed by atoms with Crippen molar-refractivity contribution in [2.24, 2.45) is 5.73 Å². The molecule has 2 N–H and O–H groups in total. The monoisotopic (exact) mass is 275 g/mol. The zero-order valence-electron chi connectivity index (χ0n) is 11.3. The third kappa shape index (κ3) is 4.42. The molecule has 2 nitrogen and oxygen atoms in total. The van der Waals surface area contributed by atoms with Gasteiger partial charge in [-0.3, -0.25) is 0 Å². The van der Waals surface area contributed by atoms with Crippen molar-refractivity contribution in [1.29, 1.82) is 0 Å². The van der Waals surface area contributed by atoms with Crippen LogP contribution < -0.4 is 10.5 Å². The molecule has 0 amide bonds. The van der Waals surface area contributed by atoms with E-state index >= 15 is 0 Å². The van der Waals surface area contributed by atoms with Crippen LogP contribution in [0.3, 0.4) is 0 Å². The molecule has 0 bridgehead atoms. The minimum absolute atomic E-state index is 0.162. The number of nitrogens with two attached hydrogens (primary N) is 1. The molecule has 0 spiro atoms. The molecule has 0 radical (unpaired) electrons. The standard InChI is InChI=1S/C14H20F3NO/c1-3-10(2)12-6-5-11(14(15,16)17)9-13(12)19-8-4-7-18/h5-6,9-10H,3-4,7-8,18H2,1-2H3. The van der Waals surface area contributed by atoms with Crippen LogP contribution in [0.25, 0.3) is 0 Å². The molecule has 0 aliphatic carbocycles. The summed E-state index contributed by atoms with van der Waals surface area (Å²) in [6, 6.07) is 3.70. The fraction of sp³-hybridized carbons (Fsp3) is 0.571. The summed E-state index contributed by atoms with van der Waals surface area (Å²) in [6.07, 6.45) is -2.88. The van der Waals surface area contributed by atoms with Crippen LogP contribution in [0.2, 0.25) is 0 Å². The third-order valence-corrected chi connectivity index (χ3v) is 3.09. The van der Waals surface area contributed by atoms with Gasteiger partial charge in [0.05, 0.1) is 12.2 Å². The van der Waals surface area contributed by atoms with Crippen molar-refractivity contribution in [2.75, 3.05) is 13.2 Å². The Morgan fingerprint density at radius 2 is 2.00 bits per heavy atom. The van der Waals surface area contributed by atoms with Crippen molar-refractivity contribution < 1.29 is 17.9 Å². The summed E-state index contributed by atoms with van der Waals surface area (Å²) in [7, 11) is 0. The van der Waals surface area contributed by atoms with Gasteiger partial charge in [-0.25, -0.2) is 0 Å². The molecule has 1 aromatic rings. The maximum atomic E-state index is 12.7. The Morgan fingerprint density at radius 1 is 1.32 bits per heavy atom. The molecule has 108 valence electrons. The quantitative estimate of drug-likeness (QED) is 0.798. The van der Waals surface area contributed by atoms with Crippen LogP contribution in [0.5, 0.6) is 5.75 Å². The highest BCUT2D eigenvalue weighted by molar-refractivity contribution is 5.40. The van der Waals surface area contributed by atoms with Gasteiger partial charge in [-0.05, 0) is 43.0 Å². The predicted octanol–water partition coefficient (Wildman–Crippen LogP) is 3.95. The van der Waals surface area contributed by atoms with Gasteiger partial charge in [0.25, 0.3) is 0 Å². The van der Waals surface area contributed by atoms with Crippen LogP contribution in [-0.4, -0.2) is 13.2 Å². The zero-order chi connectivity index (χ0) is 14.5. The Hall–Kier alpha value is -1.23. The van der Waals surface area contributed by atoms with Crippen LogP contribution >= 0.6 is 0 Å². The van der Waals surface area contributed by atoms with E-state index in [9.17, 15) is 13.2 Å². The third-order valence-electron chi connectivity index (χ3n) is 3.09. The van der Waals surface area contributed by atoms with E-state index in [1.807, 2.05) is 13.8 Å². The van der Waals surface area contributed by atoms with Crippen molar-refractivity contribution in [3.63, 3.8) is 0 Å². The van der Waals surface area contributed by atoms with Crippen molar-refractivity contribution in [3.05, 3.63) is 29.3 Å². The van der Waals surface area contributed by atoms with E-state index in [0.29, 0.717) is 25.3 Å². The van der Waals surface area contributed by atoms with Crippen molar-refractivity contribution in [3.8, 4) is 5.75 Å². The highest BCUT2D eigenvalue weighted by Gasteiger charge is 2.31. The lowest BCUT2D eigenvalue weighted by Gasteiger charge is -2.18. The summed E-state index contributed by atoms with van der Waals surface area (Å²) in [5.41, 5.74) is 5.49. The molecule has 1 atom stereocenters. The van der Waals surface area contributed by atoms with Crippen LogP contribution in [0, 0.1) is 0 Å². The molecule has 1 aromatic carbocycles. The SMILES string of the molecule is CCC(C)c1ccc(C(F)(F)F)cc1OCCCN. The van der Waals surface area contributed by atoms with Gasteiger partial charge in [-0.2, -0.15) is 13.2 Å². The molecule has 5 heteroatoms. The number of ether oxygens (including phenoxy) is 1. The molecule has 0 saturated carbocycles. The number of hydrogen-bond donors (Lipinski definition) is 1. The van der Waals surface area contributed by atoms with Crippen LogP contribution in [0.15, 0.2) is 18.2 Å². The lowest BCUT2D eigenvalue weighted by molar-refractivity contribution is -0.137. The first kappa shape index (κ1) is 15.8. The summed E-state index contributed by atoms with van der Waals surface area (Å²) in [5.74, 6) is 0.479. The van der Waals surface area contributed by atoms with Crippen molar-refractivity contribution in [1.82, 2.24) is 0 Å². The number of alkyl halides is 3. The van der Waals surface area contributed by atoms with E-state index in [1.54, 1.807) is 0 Å². The lowest BCUT2D eigenvalue weighted by atomic mass is 9.96. The summed E-state index contributed by atoms with van der Waals surface area (Å²) in [4.78, 5) is 0. The largest absolute Gasteiger partial charge is 0.493 e. The Balaban J connectivity index is 3.04. The number of halogens is 3. The molecule has 1 unspecified atom stereocenters. The molecular weight excluding hydrogens is 255 g/mol. The van der Waals surface area contributed by atoms with Gasteiger partial charge in [0.15, 0.2) is 0 Å². The van der Waals surface area contributed by atoms with E-state index in [2.05, 4.69) is 0 Å². The van der Waals surface area contributed by atoms with Gasteiger partial charge in [-0.1, -0.05) is 19.9 Å².